The number of aryl methyl sites for hydroxylation is 2. The van der Waals surface area contributed by atoms with Crippen LogP contribution in [0.15, 0.2) is 104 Å². The third kappa shape index (κ3) is 7.40. The van der Waals surface area contributed by atoms with Gasteiger partial charge in [0.05, 0.1) is 0 Å². The standard InChI is InChI=1S/C25H22O2.C8H9Cl.CH3NO/c1-5-22(17(3)20-11-10-19-8-6-7-9-21(19)13-20)18(4)23-14-25-24(12-16(23)2)26-15-27-25;1-2-7-3-5-8(9)6-4-7;2-1-3/h5-14H,3-4,15H2,1-2H3;3-6H,2H2,1H3;1H,(H2,2,3)/b22-5-;;. The summed E-state index contributed by atoms with van der Waals surface area (Å²) in [6.07, 6.45) is 3.40. The fourth-order valence-electron chi connectivity index (χ4n) is 4.30. The van der Waals surface area contributed by atoms with E-state index in [-0.39, 0.29) is 13.2 Å². The Morgan fingerprint density at radius 2 is 1.54 bits per heavy atom. The van der Waals surface area contributed by atoms with Crippen molar-refractivity contribution in [3.63, 3.8) is 0 Å². The molecule has 0 unspecified atom stereocenters. The number of nitrogens with two attached hydrogens (primary N) is 1. The highest BCUT2D eigenvalue weighted by molar-refractivity contribution is 6.30. The fourth-order valence-corrected chi connectivity index (χ4v) is 4.42. The van der Waals surface area contributed by atoms with Crippen molar-refractivity contribution in [2.45, 2.75) is 27.2 Å². The lowest BCUT2D eigenvalue weighted by atomic mass is 9.87. The first-order valence-corrected chi connectivity index (χ1v) is 13.0. The number of hydrogen-bond acceptors (Lipinski definition) is 3. The minimum Gasteiger partial charge on any atom is -0.454 e. The van der Waals surface area contributed by atoms with Crippen molar-refractivity contribution in [2.24, 2.45) is 5.73 Å². The quantitative estimate of drug-likeness (QED) is 0.204. The molecule has 0 spiro atoms. The van der Waals surface area contributed by atoms with Crippen LogP contribution >= 0.6 is 11.6 Å². The van der Waals surface area contributed by atoms with Crippen LogP contribution in [0.2, 0.25) is 5.02 Å². The predicted molar refractivity (Wildman–Crippen MR) is 164 cm³/mol. The zero-order valence-corrected chi connectivity index (χ0v) is 23.4. The van der Waals surface area contributed by atoms with Crippen LogP contribution in [0.25, 0.3) is 21.9 Å². The van der Waals surface area contributed by atoms with Crippen molar-refractivity contribution in [1.82, 2.24) is 0 Å². The lowest BCUT2D eigenvalue weighted by Crippen LogP contribution is -1.96. The monoisotopic (exact) mass is 539 g/mol. The number of amides is 1. The van der Waals surface area contributed by atoms with E-state index in [1.807, 2.05) is 43.3 Å². The van der Waals surface area contributed by atoms with Crippen LogP contribution in [-0.4, -0.2) is 13.2 Å². The Balaban J connectivity index is 0.000000293. The highest BCUT2D eigenvalue weighted by atomic mass is 35.5. The van der Waals surface area contributed by atoms with Crippen molar-refractivity contribution < 1.29 is 14.3 Å². The van der Waals surface area contributed by atoms with Crippen molar-refractivity contribution in [3.8, 4) is 11.5 Å². The van der Waals surface area contributed by atoms with Gasteiger partial charge in [0, 0.05) is 5.02 Å². The van der Waals surface area contributed by atoms with E-state index in [4.69, 9.17) is 25.9 Å². The fraction of sp³-hybridized carbons (Fsp3) is 0.147. The van der Waals surface area contributed by atoms with Crippen LogP contribution in [0.5, 0.6) is 11.5 Å². The first-order chi connectivity index (χ1) is 18.8. The summed E-state index contributed by atoms with van der Waals surface area (Å²) in [5.74, 6) is 1.56. The Kier molecular flexibility index (Phi) is 10.5. The molecular weight excluding hydrogens is 506 g/mol. The van der Waals surface area contributed by atoms with E-state index in [0.717, 1.165) is 56.4 Å². The van der Waals surface area contributed by atoms with Crippen LogP contribution in [0.3, 0.4) is 0 Å². The summed E-state index contributed by atoms with van der Waals surface area (Å²) in [6, 6.07) is 26.7. The average molecular weight is 540 g/mol. The molecular formula is C34H34ClNO3. The van der Waals surface area contributed by atoms with Crippen molar-refractivity contribution in [3.05, 3.63) is 131 Å². The second-order valence-corrected chi connectivity index (χ2v) is 9.29. The molecule has 0 radical (unpaired) electrons. The molecule has 4 aromatic rings. The molecule has 39 heavy (non-hydrogen) atoms. The average Bonchev–Trinajstić information content (AvgIpc) is 3.41. The molecule has 0 atom stereocenters. The number of rotatable bonds is 5. The number of benzene rings is 4. The van der Waals surface area contributed by atoms with Crippen LogP contribution in [0.1, 0.15) is 36.1 Å². The maximum absolute atomic E-state index is 8.58. The van der Waals surface area contributed by atoms with Gasteiger partial charge in [-0.25, -0.2) is 0 Å². The van der Waals surface area contributed by atoms with Crippen molar-refractivity contribution in [2.75, 3.05) is 6.79 Å². The summed E-state index contributed by atoms with van der Waals surface area (Å²) in [6.45, 7) is 15.2. The smallest absolute Gasteiger partial charge is 0.231 e. The van der Waals surface area contributed by atoms with E-state index < -0.39 is 0 Å². The normalized spacial score (nSPS) is 11.5. The first kappa shape index (κ1) is 29.3. The summed E-state index contributed by atoms with van der Waals surface area (Å²) >= 11 is 5.67. The zero-order valence-electron chi connectivity index (χ0n) is 22.7. The highest BCUT2D eigenvalue weighted by Crippen LogP contribution is 2.40. The molecule has 4 aromatic carbocycles. The molecule has 0 bridgehead atoms. The van der Waals surface area contributed by atoms with Gasteiger partial charge in [0.15, 0.2) is 11.5 Å². The van der Waals surface area contributed by atoms with Crippen molar-refractivity contribution in [1.29, 1.82) is 0 Å². The topological polar surface area (TPSA) is 61.6 Å². The first-order valence-electron chi connectivity index (χ1n) is 12.7. The van der Waals surface area contributed by atoms with Gasteiger partial charge >= 0.3 is 0 Å². The minimum absolute atomic E-state index is 0.250. The van der Waals surface area contributed by atoms with Gasteiger partial charge in [-0.2, -0.15) is 0 Å². The van der Waals surface area contributed by atoms with Crippen LogP contribution in [0, 0.1) is 6.92 Å². The molecule has 0 aromatic heterocycles. The molecule has 1 aliphatic heterocycles. The number of primary amides is 1. The van der Waals surface area contributed by atoms with Gasteiger partial charge in [-0.05, 0) is 100 Å². The molecule has 5 rings (SSSR count). The Labute approximate surface area is 236 Å². The van der Waals surface area contributed by atoms with E-state index in [2.05, 4.69) is 81.3 Å². The molecule has 2 N–H and O–H groups in total. The van der Waals surface area contributed by atoms with Gasteiger partial charge < -0.3 is 15.2 Å². The highest BCUT2D eigenvalue weighted by Gasteiger charge is 2.19. The number of hydrogen-bond donors (Lipinski definition) is 1. The molecule has 0 saturated heterocycles. The van der Waals surface area contributed by atoms with E-state index >= 15 is 0 Å². The SMILES string of the molecule is C=C(/C(=C/C)C(=C)c1cc2c(cc1C)OCO2)c1ccc2ccccc2c1.CCc1ccc(Cl)cc1.NC=O. The number of halogens is 1. The van der Waals surface area contributed by atoms with Crippen LogP contribution < -0.4 is 15.2 Å². The molecule has 5 heteroatoms. The molecule has 200 valence electrons. The molecule has 0 aliphatic carbocycles. The van der Waals surface area contributed by atoms with Gasteiger partial charge in [0.25, 0.3) is 0 Å². The predicted octanol–water partition coefficient (Wildman–Crippen LogP) is 8.55. The molecule has 4 nitrogen and oxygen atoms in total. The lowest BCUT2D eigenvalue weighted by molar-refractivity contribution is -0.106. The Hall–Kier alpha value is -4.28. The van der Waals surface area contributed by atoms with Gasteiger partial charge in [0.1, 0.15) is 0 Å². The van der Waals surface area contributed by atoms with Gasteiger partial charge in [-0.3, -0.25) is 4.79 Å². The number of carbonyl (C=O) groups is 1. The van der Waals surface area contributed by atoms with Crippen LogP contribution in [0.4, 0.5) is 0 Å². The second-order valence-electron chi connectivity index (χ2n) is 8.86. The third-order valence-electron chi connectivity index (χ3n) is 6.40. The molecule has 1 amide bonds. The second kappa shape index (κ2) is 14.0. The summed E-state index contributed by atoms with van der Waals surface area (Å²) in [4.78, 5) is 8.58. The zero-order chi connectivity index (χ0) is 28.4. The van der Waals surface area contributed by atoms with Gasteiger partial charge in [0.2, 0.25) is 13.2 Å². The van der Waals surface area contributed by atoms with Crippen molar-refractivity contribution >= 4 is 39.9 Å². The largest absolute Gasteiger partial charge is 0.454 e. The maximum atomic E-state index is 8.58. The van der Waals surface area contributed by atoms with E-state index in [0.29, 0.717) is 0 Å². The Morgan fingerprint density at radius 1 is 0.923 bits per heavy atom. The number of ether oxygens (including phenoxy) is 2. The van der Waals surface area contributed by atoms with Gasteiger partial charge in [-0.15, -0.1) is 0 Å². The summed E-state index contributed by atoms with van der Waals surface area (Å²) in [5.41, 5.74) is 11.7. The summed E-state index contributed by atoms with van der Waals surface area (Å²) in [7, 11) is 0. The lowest BCUT2D eigenvalue weighted by Gasteiger charge is -2.17. The third-order valence-corrected chi connectivity index (χ3v) is 6.66. The Bertz CT molecular complexity index is 1500. The van der Waals surface area contributed by atoms with Gasteiger partial charge in [-0.1, -0.05) is 86.3 Å². The van der Waals surface area contributed by atoms with E-state index in [1.54, 1.807) is 0 Å². The molecule has 1 aliphatic rings. The molecule has 1 heterocycles. The maximum Gasteiger partial charge on any atom is 0.231 e. The number of carbonyl (C=O) groups excluding carboxylic acids is 1. The molecule has 0 saturated carbocycles. The summed E-state index contributed by atoms with van der Waals surface area (Å²) < 4.78 is 11.0. The number of allylic oxidation sites excluding steroid dienone is 4. The van der Waals surface area contributed by atoms with E-state index in [9.17, 15) is 0 Å². The molecule has 0 fully saturated rings. The Morgan fingerprint density at radius 3 is 2.15 bits per heavy atom. The van der Waals surface area contributed by atoms with Crippen LogP contribution in [-0.2, 0) is 11.2 Å². The minimum atomic E-state index is 0.250. The number of fused-ring (bicyclic) bond motifs is 2. The summed E-state index contributed by atoms with van der Waals surface area (Å²) in [5, 5.41) is 3.24. The van der Waals surface area contributed by atoms with E-state index in [1.165, 1.54) is 16.3 Å².